The van der Waals surface area contributed by atoms with Crippen molar-refractivity contribution in [3.05, 3.63) is 29.3 Å². The number of aromatic nitrogens is 8. The van der Waals surface area contributed by atoms with E-state index in [2.05, 4.69) is 29.9 Å². The van der Waals surface area contributed by atoms with E-state index in [1.807, 2.05) is 33.9 Å². The number of nitrogens with two attached hydrogens (primary N) is 2. The Morgan fingerprint density at radius 1 is 0.923 bits per heavy atom. The van der Waals surface area contributed by atoms with E-state index in [9.17, 15) is 23.7 Å². The molecule has 0 radical (unpaired) electrons. The number of nitrogens with one attached hydrogen (secondary N) is 1. The fourth-order valence-electron chi connectivity index (χ4n) is 5.91. The van der Waals surface area contributed by atoms with Crippen LogP contribution in [0.2, 0.25) is 18.1 Å². The summed E-state index contributed by atoms with van der Waals surface area (Å²) < 4.78 is 86.5. The van der Waals surface area contributed by atoms with Crippen molar-refractivity contribution >= 4 is 58.1 Å². The first-order valence-corrected chi connectivity index (χ1v) is 21.7. The van der Waals surface area contributed by atoms with Gasteiger partial charge in [-0.3, -0.25) is 37.0 Å². The summed E-state index contributed by atoms with van der Waals surface area (Å²) in [5.41, 5.74) is 11.0. The molecule has 7 rings (SSSR count). The van der Waals surface area contributed by atoms with Crippen molar-refractivity contribution in [3.8, 4) is 0 Å². The standard InChI is InChI=1S/C26H37FN10O12P2Si/c1-26(2,3)52(4,5)49-17-12-7-44-50(39,40)47-16-11(45-23(13(16)27)36-9-32-14-19(28)30-8-31-20(14)36)6-43-51(41,42)48-18(17)24(46-12)37-10-33-15-21(37)34-25(29)35-22(15)38/h8-13,16-18,23-24H,6-7H2,1-5H3,(H,39,40)(H,41,42)(H2,28,30,31)(H3,29,34,35,38)/t11-,12-,13+,16?,17?,18+,23-,24-/m1/s1. The van der Waals surface area contributed by atoms with Gasteiger partial charge in [0.1, 0.15) is 42.4 Å². The molecule has 0 aromatic carbocycles. The molecule has 3 saturated heterocycles. The van der Waals surface area contributed by atoms with E-state index in [0.29, 0.717) is 0 Å². The Kier molecular flexibility index (Phi) is 9.24. The second kappa shape index (κ2) is 13.0. The number of phosphoric ester groups is 2. The van der Waals surface area contributed by atoms with Crippen LogP contribution in [0.4, 0.5) is 16.2 Å². The Morgan fingerprint density at radius 3 is 2.19 bits per heavy atom. The molecule has 4 unspecified atom stereocenters. The highest BCUT2D eigenvalue weighted by Crippen LogP contribution is 2.55. The summed E-state index contributed by atoms with van der Waals surface area (Å²) in [6, 6.07) is 0. The number of H-pyrrole nitrogens is 1. The van der Waals surface area contributed by atoms with Crippen molar-refractivity contribution in [2.75, 3.05) is 24.7 Å². The molecule has 3 aliphatic heterocycles. The minimum atomic E-state index is -5.17. The van der Waals surface area contributed by atoms with E-state index in [-0.39, 0.29) is 34.1 Å². The van der Waals surface area contributed by atoms with Crippen LogP contribution in [-0.2, 0) is 41.1 Å². The summed E-state index contributed by atoms with van der Waals surface area (Å²) in [6.45, 7) is 8.04. The van der Waals surface area contributed by atoms with E-state index < -0.39 is 96.9 Å². The summed E-state index contributed by atoms with van der Waals surface area (Å²) in [6.07, 6.45) is -9.23. The molecule has 0 aliphatic carbocycles. The van der Waals surface area contributed by atoms with Gasteiger partial charge in [0.2, 0.25) is 5.95 Å². The normalized spacial score (nSPS) is 34.9. The first-order valence-electron chi connectivity index (χ1n) is 15.8. The predicted molar refractivity (Wildman–Crippen MR) is 178 cm³/mol. The number of anilines is 2. The van der Waals surface area contributed by atoms with Crippen molar-refractivity contribution in [1.29, 1.82) is 0 Å². The average Bonchev–Trinajstić information content (AvgIpc) is 3.80. The monoisotopic (exact) mass is 790 g/mol. The summed E-state index contributed by atoms with van der Waals surface area (Å²) in [5.74, 6) is -0.248. The van der Waals surface area contributed by atoms with Gasteiger partial charge in [0.25, 0.3) is 5.56 Å². The molecule has 2 bridgehead atoms. The number of ether oxygens (including phenoxy) is 2. The number of hydrogen-bond donors (Lipinski definition) is 5. The number of nitrogens with zero attached hydrogens (tertiary/aromatic N) is 7. The topological polar surface area (TPSA) is 298 Å². The molecule has 4 aromatic heterocycles. The molecule has 0 amide bonds. The maximum atomic E-state index is 16.2. The number of fused-ring (bicyclic) bond motifs is 5. The van der Waals surface area contributed by atoms with Gasteiger partial charge in [-0.1, -0.05) is 20.8 Å². The highest BCUT2D eigenvalue weighted by Gasteiger charge is 2.56. The maximum absolute atomic E-state index is 16.2. The Morgan fingerprint density at radius 2 is 1.52 bits per heavy atom. The average molecular weight is 791 g/mol. The third-order valence-corrected chi connectivity index (χ3v) is 15.9. The lowest BCUT2D eigenvalue weighted by Gasteiger charge is -2.40. The molecule has 284 valence electrons. The molecule has 26 heteroatoms. The van der Waals surface area contributed by atoms with Crippen LogP contribution in [0.15, 0.2) is 23.8 Å². The van der Waals surface area contributed by atoms with Crippen molar-refractivity contribution < 1.29 is 55.3 Å². The number of phosphoric acid groups is 2. The van der Waals surface area contributed by atoms with Crippen LogP contribution < -0.4 is 17.0 Å². The molecule has 3 aliphatic rings. The summed E-state index contributed by atoms with van der Waals surface area (Å²) in [7, 11) is -13.1. The summed E-state index contributed by atoms with van der Waals surface area (Å²) >= 11 is 0. The molecule has 52 heavy (non-hydrogen) atoms. The van der Waals surface area contributed by atoms with Crippen molar-refractivity contribution in [2.24, 2.45) is 0 Å². The van der Waals surface area contributed by atoms with Crippen LogP contribution in [0.3, 0.4) is 0 Å². The number of hydrogen-bond acceptors (Lipinski definition) is 17. The third kappa shape index (κ3) is 6.71. The molecule has 0 spiro atoms. The van der Waals surface area contributed by atoms with Gasteiger partial charge in [0, 0.05) is 0 Å². The zero-order chi connectivity index (χ0) is 37.5. The van der Waals surface area contributed by atoms with Crippen LogP contribution in [0.1, 0.15) is 33.2 Å². The number of imidazole rings is 2. The highest BCUT2D eigenvalue weighted by molar-refractivity contribution is 7.47. The van der Waals surface area contributed by atoms with Crippen LogP contribution in [0.5, 0.6) is 0 Å². The second-order valence-corrected chi connectivity index (χ2v) is 21.5. The van der Waals surface area contributed by atoms with Gasteiger partial charge in [-0.25, -0.2) is 33.5 Å². The molecule has 7 N–H and O–H groups in total. The second-order valence-electron chi connectivity index (χ2n) is 13.9. The zero-order valence-electron chi connectivity index (χ0n) is 28.3. The maximum Gasteiger partial charge on any atom is 0.472 e. The van der Waals surface area contributed by atoms with E-state index >= 15 is 4.39 Å². The first-order chi connectivity index (χ1) is 24.3. The minimum absolute atomic E-state index is 0.00616. The van der Waals surface area contributed by atoms with Crippen molar-refractivity contribution in [3.63, 3.8) is 0 Å². The number of rotatable bonds is 4. The van der Waals surface area contributed by atoms with Crippen LogP contribution in [0.25, 0.3) is 22.3 Å². The number of nitrogen functional groups attached to an aromatic ring is 2. The minimum Gasteiger partial charge on any atom is -0.408 e. The van der Waals surface area contributed by atoms with Gasteiger partial charge in [-0.05, 0) is 18.1 Å². The Bertz CT molecular complexity index is 2160. The molecule has 7 heterocycles. The first kappa shape index (κ1) is 37.1. The van der Waals surface area contributed by atoms with Crippen molar-refractivity contribution in [1.82, 2.24) is 39.0 Å². The quantitative estimate of drug-likeness (QED) is 0.145. The zero-order valence-corrected chi connectivity index (χ0v) is 31.1. The molecule has 3 fully saturated rings. The van der Waals surface area contributed by atoms with Crippen LogP contribution >= 0.6 is 15.6 Å². The smallest absolute Gasteiger partial charge is 0.408 e. The fraction of sp³-hybridized carbons (Fsp3) is 0.615. The molecular formula is C26H37FN10O12P2Si. The molecule has 0 saturated carbocycles. The van der Waals surface area contributed by atoms with E-state index in [1.165, 1.54) is 21.8 Å². The Hall–Kier alpha value is -3.25. The fourth-order valence-corrected chi connectivity index (χ4v) is 9.11. The van der Waals surface area contributed by atoms with Gasteiger partial charge in [0.15, 0.2) is 49.6 Å². The molecule has 22 nitrogen and oxygen atoms in total. The van der Waals surface area contributed by atoms with E-state index in [0.717, 1.165) is 6.33 Å². The number of alkyl halides is 1. The number of aromatic amines is 1. The lowest BCUT2D eigenvalue weighted by Crippen LogP contribution is -2.50. The lowest BCUT2D eigenvalue weighted by molar-refractivity contribution is -0.0670. The summed E-state index contributed by atoms with van der Waals surface area (Å²) in [4.78, 5) is 57.3. The van der Waals surface area contributed by atoms with Crippen LogP contribution in [-0.4, -0.2) is 107 Å². The number of halogens is 1. The molecule has 10 atom stereocenters. The van der Waals surface area contributed by atoms with E-state index in [4.69, 9.17) is 43.5 Å². The van der Waals surface area contributed by atoms with Gasteiger partial charge in [-0.2, -0.15) is 4.98 Å². The molecule has 4 aromatic rings. The van der Waals surface area contributed by atoms with Crippen LogP contribution in [0, 0.1) is 0 Å². The van der Waals surface area contributed by atoms with Gasteiger partial charge in [-0.15, -0.1) is 0 Å². The SMILES string of the molecule is CC(C)(C)[Si](C)(C)OC1[C@H]2COP(=O)(O)OC3[C@@H](COP(=O)(O)O[C@@H]1[C@H](n1cnc4c(=O)[nH]c(N)nc41)O2)O[C@@H](n1cnc2c(N)ncnc21)[C@H]3F. The van der Waals surface area contributed by atoms with Gasteiger partial charge >= 0.3 is 15.6 Å². The predicted octanol–water partition coefficient (Wildman–Crippen LogP) is 1.67. The summed E-state index contributed by atoms with van der Waals surface area (Å²) in [5, 5.41) is -0.413. The lowest BCUT2D eigenvalue weighted by atomic mass is 10.1. The van der Waals surface area contributed by atoms with Gasteiger partial charge in [0.05, 0.1) is 25.9 Å². The largest absolute Gasteiger partial charge is 0.472 e. The van der Waals surface area contributed by atoms with Crippen molar-refractivity contribution in [2.45, 2.75) is 88.1 Å². The van der Waals surface area contributed by atoms with Gasteiger partial charge < -0.3 is 35.2 Å². The third-order valence-electron chi connectivity index (χ3n) is 9.49. The Labute approximate surface area is 294 Å². The van der Waals surface area contributed by atoms with E-state index in [1.54, 1.807) is 0 Å². The molecular weight excluding hydrogens is 753 g/mol. The highest BCUT2D eigenvalue weighted by atomic mass is 31.2. The Balaban J connectivity index is 1.27.